The number of nitrogens with zero attached hydrogens (tertiary/aromatic N) is 2. The number of carbonyl (C=O) groups is 1. The average molecular weight is 204 g/mol. The van der Waals surface area contributed by atoms with Gasteiger partial charge >= 0.3 is 0 Å². The van der Waals surface area contributed by atoms with Crippen molar-refractivity contribution in [3.8, 4) is 0 Å². The van der Waals surface area contributed by atoms with E-state index in [0.717, 1.165) is 30.8 Å². The highest BCUT2D eigenvalue weighted by molar-refractivity contribution is 5.74. The van der Waals surface area contributed by atoms with Crippen LogP contribution >= 0.6 is 0 Å². The molecule has 15 heavy (non-hydrogen) atoms. The van der Waals surface area contributed by atoms with Crippen molar-refractivity contribution in [2.24, 2.45) is 0 Å². The Morgan fingerprint density at radius 3 is 3.00 bits per heavy atom. The molecular formula is C12H16N2O. The highest BCUT2D eigenvalue weighted by atomic mass is 16.2. The zero-order chi connectivity index (χ0) is 10.8. The van der Waals surface area contributed by atoms with Gasteiger partial charge in [-0.05, 0) is 31.9 Å². The topological polar surface area (TPSA) is 33.2 Å². The van der Waals surface area contributed by atoms with Gasteiger partial charge in [-0.1, -0.05) is 6.07 Å². The molecule has 0 aliphatic carbocycles. The van der Waals surface area contributed by atoms with Crippen LogP contribution in [-0.4, -0.2) is 22.3 Å². The van der Waals surface area contributed by atoms with Gasteiger partial charge in [0.2, 0.25) is 5.91 Å². The highest BCUT2D eigenvalue weighted by Crippen LogP contribution is 2.30. The van der Waals surface area contributed by atoms with Crippen LogP contribution in [0.2, 0.25) is 0 Å². The van der Waals surface area contributed by atoms with Crippen LogP contribution in [0.5, 0.6) is 0 Å². The second kappa shape index (κ2) is 4.01. The Balaban J connectivity index is 2.26. The van der Waals surface area contributed by atoms with Crippen molar-refractivity contribution >= 4 is 5.91 Å². The molecule has 1 aliphatic heterocycles. The Morgan fingerprint density at radius 1 is 1.53 bits per heavy atom. The fraction of sp³-hybridized carbons (Fsp3) is 0.500. The predicted octanol–water partition coefficient (Wildman–Crippen LogP) is 2.07. The van der Waals surface area contributed by atoms with Crippen LogP contribution in [0.25, 0.3) is 0 Å². The van der Waals surface area contributed by atoms with Crippen molar-refractivity contribution < 1.29 is 4.79 Å². The quantitative estimate of drug-likeness (QED) is 0.701. The van der Waals surface area contributed by atoms with Gasteiger partial charge in [0.1, 0.15) is 0 Å². The van der Waals surface area contributed by atoms with Crippen LogP contribution in [-0.2, 0) is 4.79 Å². The number of pyridine rings is 1. The second-order valence-electron chi connectivity index (χ2n) is 4.07. The number of hydrogen-bond donors (Lipinski definition) is 0. The van der Waals surface area contributed by atoms with Gasteiger partial charge in [-0.3, -0.25) is 9.78 Å². The summed E-state index contributed by atoms with van der Waals surface area (Å²) in [5.41, 5.74) is 2.05. The molecule has 0 bridgehead atoms. The normalized spacial score (nSPS) is 20.7. The number of aromatic nitrogens is 1. The zero-order valence-electron chi connectivity index (χ0n) is 9.23. The smallest absolute Gasteiger partial charge is 0.220 e. The number of hydrogen-bond acceptors (Lipinski definition) is 2. The standard InChI is InChI=1S/C12H16N2O/c1-9-5-3-6-11(13-9)12-7-4-8-14(12)10(2)15/h3,5-6,12H,4,7-8H2,1-2H3. The summed E-state index contributed by atoms with van der Waals surface area (Å²) in [5.74, 6) is 0.154. The first-order valence-electron chi connectivity index (χ1n) is 5.39. The SMILES string of the molecule is CC(=O)N1CCCC1c1cccc(C)n1. The molecule has 1 amide bonds. The largest absolute Gasteiger partial charge is 0.334 e. The number of likely N-dealkylation sites (tertiary alicyclic amines) is 1. The lowest BCUT2D eigenvalue weighted by Gasteiger charge is -2.22. The lowest BCUT2D eigenvalue weighted by molar-refractivity contribution is -0.129. The third-order valence-corrected chi connectivity index (χ3v) is 2.91. The molecule has 0 spiro atoms. The number of carbonyl (C=O) groups excluding carboxylic acids is 1. The molecule has 1 fully saturated rings. The lowest BCUT2D eigenvalue weighted by atomic mass is 10.1. The Morgan fingerprint density at radius 2 is 2.33 bits per heavy atom. The van der Waals surface area contributed by atoms with Gasteiger partial charge < -0.3 is 4.90 Å². The van der Waals surface area contributed by atoms with Gasteiger partial charge in [-0.2, -0.15) is 0 Å². The maximum Gasteiger partial charge on any atom is 0.220 e. The minimum Gasteiger partial charge on any atom is -0.334 e. The first-order chi connectivity index (χ1) is 7.18. The lowest BCUT2D eigenvalue weighted by Crippen LogP contribution is -2.28. The van der Waals surface area contributed by atoms with Crippen molar-refractivity contribution in [2.75, 3.05) is 6.54 Å². The molecule has 0 radical (unpaired) electrons. The summed E-state index contributed by atoms with van der Waals surface area (Å²) < 4.78 is 0. The minimum absolute atomic E-state index is 0.154. The van der Waals surface area contributed by atoms with E-state index in [-0.39, 0.29) is 11.9 Å². The number of aryl methyl sites for hydroxylation is 1. The van der Waals surface area contributed by atoms with Gasteiger partial charge in [-0.25, -0.2) is 0 Å². The molecular weight excluding hydrogens is 188 g/mol. The molecule has 1 aromatic heterocycles. The monoisotopic (exact) mass is 204 g/mol. The highest BCUT2D eigenvalue weighted by Gasteiger charge is 2.28. The summed E-state index contributed by atoms with van der Waals surface area (Å²) in [4.78, 5) is 17.8. The van der Waals surface area contributed by atoms with E-state index in [0.29, 0.717) is 0 Å². The van der Waals surface area contributed by atoms with Crippen molar-refractivity contribution in [1.29, 1.82) is 0 Å². The molecule has 3 nitrogen and oxygen atoms in total. The van der Waals surface area contributed by atoms with E-state index >= 15 is 0 Å². The van der Waals surface area contributed by atoms with Crippen LogP contribution in [0.3, 0.4) is 0 Å². The molecule has 0 saturated carbocycles. The first kappa shape index (κ1) is 10.1. The maximum absolute atomic E-state index is 11.4. The molecule has 1 aliphatic rings. The van der Waals surface area contributed by atoms with Gasteiger partial charge in [-0.15, -0.1) is 0 Å². The predicted molar refractivity (Wildman–Crippen MR) is 58.3 cm³/mol. The third kappa shape index (κ3) is 2.01. The van der Waals surface area contributed by atoms with E-state index in [9.17, 15) is 4.79 Å². The van der Waals surface area contributed by atoms with E-state index in [1.807, 2.05) is 30.0 Å². The third-order valence-electron chi connectivity index (χ3n) is 2.91. The summed E-state index contributed by atoms with van der Waals surface area (Å²) in [5, 5.41) is 0. The molecule has 1 atom stereocenters. The van der Waals surface area contributed by atoms with Gasteiger partial charge in [0, 0.05) is 19.2 Å². The van der Waals surface area contributed by atoms with Crippen molar-refractivity contribution in [3.63, 3.8) is 0 Å². The molecule has 80 valence electrons. The van der Waals surface area contributed by atoms with Gasteiger partial charge in [0.05, 0.1) is 11.7 Å². The van der Waals surface area contributed by atoms with Crippen LogP contribution in [0.15, 0.2) is 18.2 Å². The zero-order valence-corrected chi connectivity index (χ0v) is 9.23. The van der Waals surface area contributed by atoms with E-state index in [1.54, 1.807) is 6.92 Å². The average Bonchev–Trinajstić information content (AvgIpc) is 2.65. The van der Waals surface area contributed by atoms with Crippen molar-refractivity contribution in [3.05, 3.63) is 29.6 Å². The summed E-state index contributed by atoms with van der Waals surface area (Å²) in [6.45, 7) is 4.49. The maximum atomic E-state index is 11.4. The molecule has 2 heterocycles. The van der Waals surface area contributed by atoms with E-state index in [1.165, 1.54) is 0 Å². The summed E-state index contributed by atoms with van der Waals surface area (Å²) in [6.07, 6.45) is 2.12. The van der Waals surface area contributed by atoms with Gasteiger partial charge in [0.15, 0.2) is 0 Å². The molecule has 1 unspecified atom stereocenters. The van der Waals surface area contributed by atoms with Crippen molar-refractivity contribution in [1.82, 2.24) is 9.88 Å². The molecule has 3 heteroatoms. The Labute approximate surface area is 90.1 Å². The molecule has 1 saturated heterocycles. The first-order valence-corrected chi connectivity index (χ1v) is 5.39. The molecule has 2 rings (SSSR count). The Kier molecular flexibility index (Phi) is 2.71. The number of amides is 1. The fourth-order valence-corrected chi connectivity index (χ4v) is 2.20. The van der Waals surface area contributed by atoms with Crippen LogP contribution in [0, 0.1) is 6.92 Å². The van der Waals surface area contributed by atoms with Gasteiger partial charge in [0.25, 0.3) is 0 Å². The van der Waals surface area contributed by atoms with E-state index in [2.05, 4.69) is 4.98 Å². The molecule has 1 aromatic rings. The second-order valence-corrected chi connectivity index (χ2v) is 4.07. The minimum atomic E-state index is 0.154. The Hall–Kier alpha value is -1.38. The van der Waals surface area contributed by atoms with Crippen LogP contribution in [0.1, 0.15) is 37.2 Å². The molecule has 0 N–H and O–H groups in total. The van der Waals surface area contributed by atoms with Crippen LogP contribution < -0.4 is 0 Å². The van der Waals surface area contributed by atoms with E-state index < -0.39 is 0 Å². The van der Waals surface area contributed by atoms with Crippen LogP contribution in [0.4, 0.5) is 0 Å². The van der Waals surface area contributed by atoms with E-state index in [4.69, 9.17) is 0 Å². The Bertz CT molecular complexity index is 376. The summed E-state index contributed by atoms with van der Waals surface area (Å²) in [7, 11) is 0. The fourth-order valence-electron chi connectivity index (χ4n) is 2.20. The van der Waals surface area contributed by atoms with Crippen molar-refractivity contribution in [2.45, 2.75) is 32.7 Å². The molecule has 0 aromatic carbocycles. The summed E-state index contributed by atoms with van der Waals surface area (Å²) >= 11 is 0. The summed E-state index contributed by atoms with van der Waals surface area (Å²) in [6, 6.07) is 6.20. The number of rotatable bonds is 1.